The molecule has 0 spiro atoms. The summed E-state index contributed by atoms with van der Waals surface area (Å²) in [6.07, 6.45) is 0.343. The van der Waals surface area contributed by atoms with E-state index in [0.717, 1.165) is 33.4 Å². The molecule has 4 aromatic rings. The Morgan fingerprint density at radius 2 is 1.52 bits per heavy atom. The van der Waals surface area contributed by atoms with Gasteiger partial charge in [-0.25, -0.2) is 0 Å². The van der Waals surface area contributed by atoms with Gasteiger partial charge in [-0.2, -0.15) is 5.26 Å². The molecule has 0 atom stereocenters. The molecule has 3 aromatic carbocycles. The topological polar surface area (TPSA) is 49.0 Å². The van der Waals surface area contributed by atoms with Crippen molar-refractivity contribution in [2.45, 2.75) is 6.42 Å². The monoisotopic (exact) mass is 324 g/mol. The van der Waals surface area contributed by atoms with E-state index in [1.807, 2.05) is 42.5 Å². The minimum Gasteiger partial charge on any atom is -0.508 e. The average Bonchev–Trinajstić information content (AvgIpc) is 2.98. The lowest BCUT2D eigenvalue weighted by Gasteiger charge is -2.12. The van der Waals surface area contributed by atoms with E-state index in [9.17, 15) is 10.4 Å². The second-order valence-electron chi connectivity index (χ2n) is 5.90. The minimum absolute atomic E-state index is 0.235. The van der Waals surface area contributed by atoms with Crippen LogP contribution in [0, 0.1) is 11.3 Å². The van der Waals surface area contributed by atoms with Crippen LogP contribution in [0.5, 0.6) is 5.75 Å². The first-order valence-electron chi connectivity index (χ1n) is 8.13. The molecule has 0 amide bonds. The Morgan fingerprint density at radius 1 is 0.840 bits per heavy atom. The number of aromatic hydroxyl groups is 1. The van der Waals surface area contributed by atoms with Crippen molar-refractivity contribution in [3.8, 4) is 28.8 Å². The molecule has 0 aliphatic carbocycles. The van der Waals surface area contributed by atoms with E-state index in [1.54, 1.807) is 12.1 Å². The summed E-state index contributed by atoms with van der Waals surface area (Å²) in [7, 11) is 0. The fourth-order valence-corrected chi connectivity index (χ4v) is 3.33. The maximum absolute atomic E-state index is 9.64. The zero-order valence-corrected chi connectivity index (χ0v) is 13.6. The number of phenolic OH excluding ortho intramolecular Hbond substituents is 1. The minimum atomic E-state index is 0.235. The van der Waals surface area contributed by atoms with Gasteiger partial charge in [0.15, 0.2) is 0 Å². The molecule has 0 saturated heterocycles. The summed E-state index contributed by atoms with van der Waals surface area (Å²) in [6, 6.07) is 27.7. The lowest BCUT2D eigenvalue weighted by atomic mass is 10.0. The number of rotatable bonds is 3. The Bertz CT molecular complexity index is 1070. The van der Waals surface area contributed by atoms with Crippen LogP contribution in [0.4, 0.5) is 0 Å². The molecule has 3 nitrogen and oxygen atoms in total. The summed E-state index contributed by atoms with van der Waals surface area (Å²) in [5, 5.41) is 20.1. The Hall–Kier alpha value is -3.51. The van der Waals surface area contributed by atoms with E-state index < -0.39 is 0 Å². The van der Waals surface area contributed by atoms with E-state index in [-0.39, 0.29) is 5.75 Å². The van der Waals surface area contributed by atoms with Gasteiger partial charge in [0.25, 0.3) is 0 Å². The van der Waals surface area contributed by atoms with Crippen LogP contribution >= 0.6 is 0 Å². The third kappa shape index (κ3) is 2.54. The number of para-hydroxylation sites is 1. The first kappa shape index (κ1) is 15.0. The van der Waals surface area contributed by atoms with Crippen molar-refractivity contribution >= 4 is 10.9 Å². The molecule has 0 aliphatic rings. The second-order valence-corrected chi connectivity index (χ2v) is 5.90. The van der Waals surface area contributed by atoms with Crippen molar-refractivity contribution in [2.24, 2.45) is 0 Å². The van der Waals surface area contributed by atoms with Gasteiger partial charge in [-0.3, -0.25) is 0 Å². The Kier molecular flexibility index (Phi) is 3.72. The largest absolute Gasteiger partial charge is 0.508 e. The predicted molar refractivity (Wildman–Crippen MR) is 99.7 cm³/mol. The van der Waals surface area contributed by atoms with Gasteiger partial charge in [0.1, 0.15) is 5.75 Å². The molecule has 25 heavy (non-hydrogen) atoms. The number of aromatic nitrogens is 1. The van der Waals surface area contributed by atoms with E-state index >= 15 is 0 Å². The molecule has 0 bridgehead atoms. The van der Waals surface area contributed by atoms with Crippen LogP contribution in [0.1, 0.15) is 5.56 Å². The number of phenols is 1. The molecule has 0 aliphatic heterocycles. The number of hydrogen-bond acceptors (Lipinski definition) is 2. The molecule has 3 heteroatoms. The lowest BCUT2D eigenvalue weighted by molar-refractivity contribution is 0.475. The van der Waals surface area contributed by atoms with Gasteiger partial charge in [0.05, 0.1) is 23.7 Å². The molecular formula is C22H16N2O. The summed E-state index contributed by atoms with van der Waals surface area (Å²) in [4.78, 5) is 0. The molecule has 1 heterocycles. The molecule has 0 fully saturated rings. The van der Waals surface area contributed by atoms with Gasteiger partial charge in [-0.05, 0) is 35.9 Å². The normalized spacial score (nSPS) is 10.7. The van der Waals surface area contributed by atoms with Gasteiger partial charge in [-0.1, -0.05) is 48.5 Å². The van der Waals surface area contributed by atoms with Crippen LogP contribution in [0.3, 0.4) is 0 Å². The summed E-state index contributed by atoms with van der Waals surface area (Å²) in [5.74, 6) is 0.235. The van der Waals surface area contributed by atoms with Crippen molar-refractivity contribution in [1.82, 2.24) is 4.57 Å². The van der Waals surface area contributed by atoms with Crippen LogP contribution in [0.2, 0.25) is 0 Å². The molecule has 120 valence electrons. The Morgan fingerprint density at radius 3 is 2.24 bits per heavy atom. The average molecular weight is 324 g/mol. The van der Waals surface area contributed by atoms with Crippen LogP contribution in [-0.2, 0) is 6.42 Å². The highest BCUT2D eigenvalue weighted by atomic mass is 16.3. The maximum atomic E-state index is 9.64. The fourth-order valence-electron chi connectivity index (χ4n) is 3.33. The van der Waals surface area contributed by atoms with E-state index in [0.29, 0.717) is 6.42 Å². The van der Waals surface area contributed by atoms with Gasteiger partial charge in [0.2, 0.25) is 0 Å². The molecule has 1 N–H and O–H groups in total. The van der Waals surface area contributed by atoms with Gasteiger partial charge >= 0.3 is 0 Å². The zero-order chi connectivity index (χ0) is 17.2. The van der Waals surface area contributed by atoms with Crippen LogP contribution in [0.15, 0.2) is 78.9 Å². The SMILES string of the molecule is N#CCc1c(-c2ccccc2)n(-c2ccc(O)cc2)c2ccccc12. The third-order valence-corrected chi connectivity index (χ3v) is 4.39. The summed E-state index contributed by atoms with van der Waals surface area (Å²) in [6.45, 7) is 0. The standard InChI is InChI=1S/C22H16N2O/c23-15-14-20-19-8-4-5-9-21(19)24(17-10-12-18(25)13-11-17)22(20)16-6-2-1-3-7-16/h1-13,25H,14H2. The van der Waals surface area contributed by atoms with Crippen molar-refractivity contribution in [1.29, 1.82) is 5.26 Å². The second kappa shape index (κ2) is 6.18. The molecule has 4 rings (SSSR count). The highest BCUT2D eigenvalue weighted by Crippen LogP contribution is 2.36. The number of nitriles is 1. The summed E-state index contributed by atoms with van der Waals surface area (Å²) < 4.78 is 2.16. The first-order chi connectivity index (χ1) is 12.3. The maximum Gasteiger partial charge on any atom is 0.115 e. The number of hydrogen-bond donors (Lipinski definition) is 1. The molecule has 1 aromatic heterocycles. The van der Waals surface area contributed by atoms with E-state index in [4.69, 9.17) is 0 Å². The highest BCUT2D eigenvalue weighted by Gasteiger charge is 2.19. The van der Waals surface area contributed by atoms with Crippen molar-refractivity contribution in [3.05, 3.63) is 84.4 Å². The molecular weight excluding hydrogens is 308 g/mol. The van der Waals surface area contributed by atoms with Crippen LogP contribution < -0.4 is 0 Å². The third-order valence-electron chi connectivity index (χ3n) is 4.39. The predicted octanol–water partition coefficient (Wildman–Crippen LogP) is 5.07. The van der Waals surface area contributed by atoms with E-state index in [2.05, 4.69) is 34.9 Å². The van der Waals surface area contributed by atoms with E-state index in [1.165, 1.54) is 0 Å². The quantitative estimate of drug-likeness (QED) is 0.572. The zero-order valence-electron chi connectivity index (χ0n) is 13.6. The van der Waals surface area contributed by atoms with Crippen LogP contribution in [0.25, 0.3) is 27.8 Å². The summed E-state index contributed by atoms with van der Waals surface area (Å²) in [5.41, 5.74) is 5.12. The Balaban J connectivity index is 2.13. The Labute approximate surface area is 146 Å². The molecule has 0 radical (unpaired) electrons. The number of benzene rings is 3. The number of fused-ring (bicyclic) bond motifs is 1. The van der Waals surface area contributed by atoms with Gasteiger partial charge < -0.3 is 9.67 Å². The molecule has 0 unspecified atom stereocenters. The van der Waals surface area contributed by atoms with Gasteiger partial charge in [0, 0.05) is 16.6 Å². The van der Waals surface area contributed by atoms with Crippen molar-refractivity contribution in [2.75, 3.05) is 0 Å². The van der Waals surface area contributed by atoms with Gasteiger partial charge in [-0.15, -0.1) is 0 Å². The first-order valence-corrected chi connectivity index (χ1v) is 8.13. The fraction of sp³-hybridized carbons (Fsp3) is 0.0455. The number of nitrogens with zero attached hydrogens (tertiary/aromatic N) is 2. The summed E-state index contributed by atoms with van der Waals surface area (Å²) >= 11 is 0. The van der Waals surface area contributed by atoms with Crippen molar-refractivity contribution in [3.63, 3.8) is 0 Å². The lowest BCUT2D eigenvalue weighted by Crippen LogP contribution is -1.98. The smallest absolute Gasteiger partial charge is 0.115 e. The van der Waals surface area contributed by atoms with Crippen LogP contribution in [-0.4, -0.2) is 9.67 Å². The molecule has 0 saturated carbocycles. The highest BCUT2D eigenvalue weighted by molar-refractivity contribution is 5.94. The van der Waals surface area contributed by atoms with Crippen molar-refractivity contribution < 1.29 is 5.11 Å².